The van der Waals surface area contributed by atoms with Gasteiger partial charge in [0.2, 0.25) is 0 Å². The fourth-order valence-corrected chi connectivity index (χ4v) is 4.77. The molecular formula is C34H36O6. The maximum atomic E-state index is 11.2. The van der Waals surface area contributed by atoms with Crippen molar-refractivity contribution in [2.75, 3.05) is 6.61 Å². The summed E-state index contributed by atoms with van der Waals surface area (Å²) < 4.78 is 31.4. The standard InChI is InChI=1S/C34H36O6/c35-34-33(39-24-29-19-11-4-12-20-29)32(38-23-28-17-9-3-10-18-28)31(37-22-27-15-7-2-8-16-27)30(40-34)25-36-21-26-13-5-1-6-14-26/h1-20,30-35H,21-25H2/t30-,31+,32-,33-,34?/m1/s1. The lowest BCUT2D eigenvalue weighted by molar-refractivity contribution is -0.317. The van der Waals surface area contributed by atoms with Crippen molar-refractivity contribution in [3.63, 3.8) is 0 Å². The highest BCUT2D eigenvalue weighted by Gasteiger charge is 2.48. The fraction of sp³-hybridized carbons (Fsp3) is 0.294. The van der Waals surface area contributed by atoms with Gasteiger partial charge in [-0.3, -0.25) is 0 Å². The molecule has 1 heterocycles. The number of rotatable bonds is 13. The largest absolute Gasteiger partial charge is 0.374 e. The maximum Gasteiger partial charge on any atom is 0.184 e. The summed E-state index contributed by atoms with van der Waals surface area (Å²) in [6.45, 7) is 1.65. The second kappa shape index (κ2) is 14.9. The fourth-order valence-electron chi connectivity index (χ4n) is 4.77. The average Bonchev–Trinajstić information content (AvgIpc) is 3.01. The number of aliphatic hydroxyl groups excluding tert-OH is 1. The van der Waals surface area contributed by atoms with E-state index in [1.807, 2.05) is 121 Å². The SMILES string of the molecule is OC1O[C@H](COCc2ccccc2)[C@H](OCc2ccccc2)[C@@H](OCc2ccccc2)[C@H]1OCc1ccccc1. The second-order valence-corrected chi connectivity index (χ2v) is 9.85. The summed E-state index contributed by atoms with van der Waals surface area (Å²) in [6, 6.07) is 39.7. The zero-order chi connectivity index (χ0) is 27.4. The van der Waals surface area contributed by atoms with E-state index in [2.05, 4.69) is 0 Å². The van der Waals surface area contributed by atoms with Gasteiger partial charge in [-0.05, 0) is 22.3 Å². The minimum Gasteiger partial charge on any atom is -0.374 e. The molecule has 40 heavy (non-hydrogen) atoms. The molecule has 0 aliphatic carbocycles. The van der Waals surface area contributed by atoms with Crippen LogP contribution in [0.3, 0.4) is 0 Å². The molecule has 0 saturated carbocycles. The van der Waals surface area contributed by atoms with Crippen molar-refractivity contribution in [1.29, 1.82) is 0 Å². The molecule has 6 heteroatoms. The van der Waals surface area contributed by atoms with E-state index < -0.39 is 30.7 Å². The summed E-state index contributed by atoms with van der Waals surface area (Å²) in [5, 5.41) is 11.2. The molecule has 0 radical (unpaired) electrons. The van der Waals surface area contributed by atoms with E-state index in [-0.39, 0.29) is 6.61 Å². The number of benzene rings is 4. The molecule has 208 valence electrons. The van der Waals surface area contributed by atoms with Crippen LogP contribution in [-0.2, 0) is 50.1 Å². The molecule has 4 aromatic rings. The van der Waals surface area contributed by atoms with Gasteiger partial charge in [-0.1, -0.05) is 121 Å². The minimum atomic E-state index is -1.22. The molecule has 1 unspecified atom stereocenters. The van der Waals surface area contributed by atoms with Crippen molar-refractivity contribution >= 4 is 0 Å². The van der Waals surface area contributed by atoms with Crippen molar-refractivity contribution in [3.05, 3.63) is 144 Å². The first-order valence-corrected chi connectivity index (χ1v) is 13.7. The van der Waals surface area contributed by atoms with Crippen molar-refractivity contribution in [2.45, 2.75) is 57.1 Å². The molecule has 1 aliphatic heterocycles. The molecule has 0 amide bonds. The minimum absolute atomic E-state index is 0.224. The zero-order valence-corrected chi connectivity index (χ0v) is 22.5. The number of aliphatic hydroxyl groups is 1. The maximum absolute atomic E-state index is 11.2. The Kier molecular flexibility index (Phi) is 10.5. The van der Waals surface area contributed by atoms with E-state index in [9.17, 15) is 5.11 Å². The van der Waals surface area contributed by atoms with Crippen LogP contribution in [0.15, 0.2) is 121 Å². The van der Waals surface area contributed by atoms with Gasteiger partial charge in [0.15, 0.2) is 6.29 Å². The van der Waals surface area contributed by atoms with Gasteiger partial charge < -0.3 is 28.8 Å². The first-order chi connectivity index (χ1) is 19.8. The van der Waals surface area contributed by atoms with Gasteiger partial charge in [0.05, 0.1) is 33.0 Å². The smallest absolute Gasteiger partial charge is 0.184 e. The van der Waals surface area contributed by atoms with Crippen molar-refractivity contribution in [1.82, 2.24) is 0 Å². The first-order valence-electron chi connectivity index (χ1n) is 13.7. The van der Waals surface area contributed by atoms with E-state index >= 15 is 0 Å². The van der Waals surface area contributed by atoms with Crippen LogP contribution in [0, 0.1) is 0 Å². The molecule has 1 fully saturated rings. The highest BCUT2D eigenvalue weighted by Crippen LogP contribution is 2.30. The molecule has 4 aromatic carbocycles. The Morgan fingerprint density at radius 1 is 0.475 bits per heavy atom. The van der Waals surface area contributed by atoms with Crippen LogP contribution in [0.5, 0.6) is 0 Å². The van der Waals surface area contributed by atoms with Crippen LogP contribution >= 0.6 is 0 Å². The van der Waals surface area contributed by atoms with Gasteiger partial charge in [-0.15, -0.1) is 0 Å². The van der Waals surface area contributed by atoms with Gasteiger partial charge in [-0.2, -0.15) is 0 Å². The van der Waals surface area contributed by atoms with E-state index in [0.29, 0.717) is 26.4 Å². The predicted octanol–water partition coefficient (Wildman–Crippen LogP) is 5.68. The molecule has 0 spiro atoms. The topological polar surface area (TPSA) is 66.4 Å². The lowest BCUT2D eigenvalue weighted by atomic mass is 9.98. The van der Waals surface area contributed by atoms with Crippen molar-refractivity contribution in [2.24, 2.45) is 0 Å². The predicted molar refractivity (Wildman–Crippen MR) is 152 cm³/mol. The lowest BCUT2D eigenvalue weighted by Gasteiger charge is -2.44. The molecular weight excluding hydrogens is 504 g/mol. The zero-order valence-electron chi connectivity index (χ0n) is 22.5. The summed E-state index contributed by atoms with van der Waals surface area (Å²) in [7, 11) is 0. The molecule has 6 nitrogen and oxygen atoms in total. The second-order valence-electron chi connectivity index (χ2n) is 9.85. The third-order valence-electron chi connectivity index (χ3n) is 6.86. The Morgan fingerprint density at radius 2 is 0.850 bits per heavy atom. The van der Waals surface area contributed by atoms with Crippen LogP contribution in [-0.4, -0.2) is 42.4 Å². The molecule has 1 N–H and O–H groups in total. The van der Waals surface area contributed by atoms with Gasteiger partial charge in [-0.25, -0.2) is 0 Å². The van der Waals surface area contributed by atoms with Crippen molar-refractivity contribution in [3.8, 4) is 0 Å². The quantitative estimate of drug-likeness (QED) is 0.236. The summed E-state index contributed by atoms with van der Waals surface area (Å²) in [6.07, 6.45) is -3.72. The van der Waals surface area contributed by atoms with E-state index in [0.717, 1.165) is 22.3 Å². The highest BCUT2D eigenvalue weighted by molar-refractivity contribution is 5.16. The highest BCUT2D eigenvalue weighted by atomic mass is 16.7. The number of ether oxygens (including phenoxy) is 5. The van der Waals surface area contributed by atoms with Crippen LogP contribution in [0.4, 0.5) is 0 Å². The summed E-state index contributed by atoms with van der Waals surface area (Å²) >= 11 is 0. The Balaban J connectivity index is 1.36. The summed E-state index contributed by atoms with van der Waals surface area (Å²) in [5.41, 5.74) is 4.10. The van der Waals surface area contributed by atoms with Gasteiger partial charge in [0, 0.05) is 0 Å². The molecule has 5 rings (SSSR count). The molecule has 0 bridgehead atoms. The average molecular weight is 541 g/mol. The Bertz CT molecular complexity index is 1240. The Hall–Kier alpha value is -3.36. The normalized spacial score (nSPS) is 22.7. The van der Waals surface area contributed by atoms with Crippen LogP contribution < -0.4 is 0 Å². The van der Waals surface area contributed by atoms with Crippen LogP contribution in [0.2, 0.25) is 0 Å². The van der Waals surface area contributed by atoms with Crippen LogP contribution in [0.25, 0.3) is 0 Å². The van der Waals surface area contributed by atoms with E-state index in [1.165, 1.54) is 0 Å². The third kappa shape index (κ3) is 8.08. The monoisotopic (exact) mass is 540 g/mol. The lowest BCUT2D eigenvalue weighted by Crippen LogP contribution is -2.61. The first kappa shape index (κ1) is 28.2. The molecule has 1 saturated heterocycles. The van der Waals surface area contributed by atoms with Gasteiger partial charge in [0.1, 0.15) is 24.4 Å². The van der Waals surface area contributed by atoms with E-state index in [4.69, 9.17) is 23.7 Å². The van der Waals surface area contributed by atoms with Crippen molar-refractivity contribution < 1.29 is 28.8 Å². The summed E-state index contributed by atoms with van der Waals surface area (Å²) in [4.78, 5) is 0. The van der Waals surface area contributed by atoms with Crippen LogP contribution in [0.1, 0.15) is 22.3 Å². The molecule has 1 aliphatic rings. The van der Waals surface area contributed by atoms with E-state index in [1.54, 1.807) is 0 Å². The van der Waals surface area contributed by atoms with Gasteiger partial charge in [0.25, 0.3) is 0 Å². The molecule has 5 atom stereocenters. The number of hydrogen-bond donors (Lipinski definition) is 1. The Morgan fingerprint density at radius 3 is 1.30 bits per heavy atom. The van der Waals surface area contributed by atoms with Gasteiger partial charge >= 0.3 is 0 Å². The molecule has 0 aromatic heterocycles. The number of hydrogen-bond acceptors (Lipinski definition) is 6. The Labute approximate surface area is 236 Å². The third-order valence-corrected chi connectivity index (χ3v) is 6.86. The summed E-state index contributed by atoms with van der Waals surface area (Å²) in [5.74, 6) is 0.